The van der Waals surface area contributed by atoms with Crippen LogP contribution < -0.4 is 0 Å². The fourth-order valence-electron chi connectivity index (χ4n) is 9.64. The number of halogens is 3. The number of carbonyl (C=O) groups is 1. The maximum absolute atomic E-state index is 12.0. The van der Waals surface area contributed by atoms with Gasteiger partial charge in [0, 0.05) is 0 Å². The second-order valence-corrected chi connectivity index (χ2v) is 16.1. The first-order chi connectivity index (χ1) is 16.1. The summed E-state index contributed by atoms with van der Waals surface area (Å²) in [5.41, 5.74) is -0.527. The number of esters is 1. The number of alkyl halides is 3. The predicted molar refractivity (Wildman–Crippen MR) is 145 cm³/mol. The van der Waals surface area contributed by atoms with Gasteiger partial charge in [0.05, 0.1) is 5.60 Å². The molecule has 4 saturated carbocycles. The lowest BCUT2D eigenvalue weighted by atomic mass is 9.43. The van der Waals surface area contributed by atoms with Crippen molar-refractivity contribution in [3.63, 3.8) is 0 Å². The zero-order valence-corrected chi connectivity index (χ0v) is 24.7. The van der Waals surface area contributed by atoms with Crippen molar-refractivity contribution < 1.29 is 14.6 Å². The van der Waals surface area contributed by atoms with Crippen LogP contribution in [-0.4, -0.2) is 26.1 Å². The first kappa shape index (κ1) is 28.3. The van der Waals surface area contributed by atoms with E-state index in [9.17, 15) is 9.90 Å². The monoisotopic (exact) mass is 548 g/mol. The number of hydrogen-bond donors (Lipinski definition) is 1. The van der Waals surface area contributed by atoms with E-state index in [1.807, 2.05) is 13.8 Å². The molecule has 0 bridgehead atoms. The molecule has 1 N–H and O–H groups in total. The summed E-state index contributed by atoms with van der Waals surface area (Å²) in [6.45, 7) is 11.3. The molecule has 0 saturated heterocycles. The van der Waals surface area contributed by atoms with E-state index in [1.165, 1.54) is 51.4 Å². The van der Waals surface area contributed by atoms with Gasteiger partial charge >= 0.3 is 5.97 Å². The van der Waals surface area contributed by atoms with E-state index < -0.39 is 21.0 Å². The summed E-state index contributed by atoms with van der Waals surface area (Å²) < 4.78 is 3.45. The molecule has 8 atom stereocenters. The Labute approximate surface area is 228 Å². The lowest BCUT2D eigenvalue weighted by molar-refractivity contribution is -0.205. The number of rotatable bonds is 6. The number of hydrogen-bond acceptors (Lipinski definition) is 3. The van der Waals surface area contributed by atoms with Gasteiger partial charge in [0.2, 0.25) is 0 Å². The van der Waals surface area contributed by atoms with Gasteiger partial charge in [-0.25, -0.2) is 4.79 Å². The van der Waals surface area contributed by atoms with E-state index in [-0.39, 0.29) is 5.41 Å². The molecule has 3 nitrogen and oxygen atoms in total. The van der Waals surface area contributed by atoms with Crippen LogP contribution in [0.2, 0.25) is 0 Å². The van der Waals surface area contributed by atoms with Crippen molar-refractivity contribution in [2.24, 2.45) is 40.4 Å². The average molecular weight is 550 g/mol. The van der Waals surface area contributed by atoms with E-state index in [0.29, 0.717) is 17.3 Å². The molecule has 202 valence electrons. The Morgan fingerprint density at radius 3 is 2.37 bits per heavy atom. The third-order valence-corrected chi connectivity index (χ3v) is 12.0. The summed E-state index contributed by atoms with van der Waals surface area (Å²) in [6, 6.07) is 0. The summed E-state index contributed by atoms with van der Waals surface area (Å²) >= 11 is 17.1. The third kappa shape index (κ3) is 5.16. The Bertz CT molecular complexity index is 795. The maximum atomic E-state index is 12.0. The van der Waals surface area contributed by atoms with Gasteiger partial charge < -0.3 is 9.84 Å². The molecular weight excluding hydrogens is 503 g/mol. The van der Waals surface area contributed by atoms with Crippen LogP contribution in [0.3, 0.4) is 0 Å². The smallest absolute Gasteiger partial charge is 0.359 e. The minimum Gasteiger partial charge on any atom is -0.457 e. The maximum Gasteiger partial charge on any atom is 0.359 e. The minimum absolute atomic E-state index is 0.120. The molecule has 0 amide bonds. The molecular formula is C29H47Cl3O3. The van der Waals surface area contributed by atoms with Crippen molar-refractivity contribution in [3.05, 3.63) is 0 Å². The fourth-order valence-corrected chi connectivity index (χ4v) is 9.76. The molecule has 0 heterocycles. The van der Waals surface area contributed by atoms with Crippen LogP contribution in [0.15, 0.2) is 0 Å². The van der Waals surface area contributed by atoms with Crippen LogP contribution >= 0.6 is 34.8 Å². The largest absolute Gasteiger partial charge is 0.457 e. The Morgan fingerprint density at radius 2 is 1.69 bits per heavy atom. The molecule has 0 aromatic carbocycles. The van der Waals surface area contributed by atoms with Crippen LogP contribution in [-0.2, 0) is 9.53 Å². The van der Waals surface area contributed by atoms with Crippen LogP contribution in [0.25, 0.3) is 0 Å². The molecule has 35 heavy (non-hydrogen) atoms. The molecule has 6 heteroatoms. The molecule has 0 spiro atoms. The summed E-state index contributed by atoms with van der Waals surface area (Å²) in [5, 5.41) is 11.6. The van der Waals surface area contributed by atoms with Crippen LogP contribution in [0.1, 0.15) is 118 Å². The first-order valence-electron chi connectivity index (χ1n) is 14.2. The van der Waals surface area contributed by atoms with Crippen LogP contribution in [0.5, 0.6) is 0 Å². The Balaban J connectivity index is 1.37. The molecule has 4 rings (SSSR count). The van der Waals surface area contributed by atoms with Gasteiger partial charge in [-0.2, -0.15) is 0 Å². The van der Waals surface area contributed by atoms with E-state index in [1.54, 1.807) is 0 Å². The van der Waals surface area contributed by atoms with Gasteiger partial charge in [0.1, 0.15) is 5.60 Å². The van der Waals surface area contributed by atoms with Crippen molar-refractivity contribution in [1.82, 2.24) is 0 Å². The second-order valence-electron chi connectivity index (χ2n) is 13.8. The molecule has 0 aromatic heterocycles. The van der Waals surface area contributed by atoms with Gasteiger partial charge in [-0.1, -0.05) is 74.8 Å². The number of aliphatic hydroxyl groups is 1. The van der Waals surface area contributed by atoms with Crippen LogP contribution in [0, 0.1) is 40.4 Å². The zero-order chi connectivity index (χ0) is 25.9. The van der Waals surface area contributed by atoms with E-state index in [4.69, 9.17) is 39.5 Å². The molecule has 4 aliphatic rings. The SMILES string of the molecule is C[C@H](CCCC(C)(C)OC(=O)C(Cl)(Cl)Cl)[C@H]1CC[C@H]2[C@@H]3CCC4(O)CCCC[C@]4(C)[C@H]3CC[C@]12C. The Morgan fingerprint density at radius 1 is 1.00 bits per heavy atom. The van der Waals surface area contributed by atoms with Gasteiger partial charge in [-0.3, -0.25) is 0 Å². The second kappa shape index (κ2) is 9.80. The topological polar surface area (TPSA) is 46.5 Å². The fraction of sp³-hybridized carbons (Fsp3) is 0.966. The Hall–Kier alpha value is 0.300. The van der Waals surface area contributed by atoms with Crippen molar-refractivity contribution in [3.8, 4) is 0 Å². The van der Waals surface area contributed by atoms with Gasteiger partial charge in [-0.05, 0) is 118 Å². The summed E-state index contributed by atoms with van der Waals surface area (Å²) in [7, 11) is 0. The average Bonchev–Trinajstić information content (AvgIpc) is 3.10. The number of carbonyl (C=O) groups excluding carboxylic acids is 1. The molecule has 0 aliphatic heterocycles. The standard InChI is InChI=1S/C29H47Cl3O3/c1-19(9-8-14-25(2,3)35-24(33)29(30,31)32)21-10-11-22-20-12-18-28(34)16-7-6-15-27(28,5)23(20)13-17-26(21,22)4/h19-23,34H,6-18H2,1-5H3/t19-,20+,21-,22+,23+,26-,27-,28?/m1/s1. The minimum atomic E-state index is -2.03. The van der Waals surface area contributed by atoms with Crippen molar-refractivity contribution in [2.75, 3.05) is 0 Å². The highest BCUT2D eigenvalue weighted by molar-refractivity contribution is 6.75. The number of ether oxygens (including phenoxy) is 1. The normalized spacial score (nSPS) is 42.5. The third-order valence-electron chi connectivity index (χ3n) is 11.5. The van der Waals surface area contributed by atoms with Crippen LogP contribution in [0.4, 0.5) is 0 Å². The summed E-state index contributed by atoms with van der Waals surface area (Å²) in [5.74, 6) is 2.89. The quantitative estimate of drug-likeness (QED) is 0.266. The predicted octanol–water partition coefficient (Wildman–Crippen LogP) is 8.65. The molecule has 4 aliphatic carbocycles. The highest BCUT2D eigenvalue weighted by Gasteiger charge is 2.63. The van der Waals surface area contributed by atoms with E-state index >= 15 is 0 Å². The highest BCUT2D eigenvalue weighted by Crippen LogP contribution is 2.69. The lowest BCUT2D eigenvalue weighted by Crippen LogP contribution is -2.61. The van der Waals surface area contributed by atoms with E-state index in [0.717, 1.165) is 49.9 Å². The zero-order valence-electron chi connectivity index (χ0n) is 22.5. The van der Waals surface area contributed by atoms with E-state index in [2.05, 4.69) is 20.8 Å². The van der Waals surface area contributed by atoms with Gasteiger partial charge in [0.15, 0.2) is 0 Å². The molecule has 1 unspecified atom stereocenters. The Kier molecular flexibility index (Phi) is 7.93. The summed E-state index contributed by atoms with van der Waals surface area (Å²) in [6.07, 6.45) is 15.1. The first-order valence-corrected chi connectivity index (χ1v) is 15.3. The van der Waals surface area contributed by atoms with Gasteiger partial charge in [0.25, 0.3) is 3.79 Å². The van der Waals surface area contributed by atoms with Crippen molar-refractivity contribution in [1.29, 1.82) is 0 Å². The molecule has 0 aromatic rings. The summed E-state index contributed by atoms with van der Waals surface area (Å²) in [4.78, 5) is 12.0. The molecule has 4 fully saturated rings. The lowest BCUT2D eigenvalue weighted by Gasteiger charge is -2.63. The molecule has 0 radical (unpaired) electrons. The highest BCUT2D eigenvalue weighted by atomic mass is 35.6. The van der Waals surface area contributed by atoms with Gasteiger partial charge in [-0.15, -0.1) is 0 Å². The van der Waals surface area contributed by atoms with Crippen molar-refractivity contribution in [2.45, 2.75) is 133 Å². The number of fused-ring (bicyclic) bond motifs is 5. The van der Waals surface area contributed by atoms with Crippen molar-refractivity contribution >= 4 is 40.8 Å².